The third kappa shape index (κ3) is 4.39. The Morgan fingerprint density at radius 2 is 1.94 bits per heavy atom. The molecular formula is C22H22FN3O3S2. The van der Waals surface area contributed by atoms with E-state index in [9.17, 15) is 17.6 Å². The molecule has 31 heavy (non-hydrogen) atoms. The van der Waals surface area contributed by atoms with E-state index in [0.29, 0.717) is 18.0 Å². The molecule has 4 rings (SSSR count). The Labute approximate surface area is 184 Å². The number of carbonyl (C=O) groups is 1. The number of amides is 1. The van der Waals surface area contributed by atoms with Crippen molar-refractivity contribution in [3.8, 4) is 11.3 Å². The zero-order valence-electron chi connectivity index (χ0n) is 17.1. The fourth-order valence-corrected chi connectivity index (χ4v) is 6.15. The summed E-state index contributed by atoms with van der Waals surface area (Å²) in [4.78, 5) is 17.4. The molecule has 1 N–H and O–H groups in total. The van der Waals surface area contributed by atoms with Crippen LogP contribution in [-0.2, 0) is 14.8 Å². The lowest BCUT2D eigenvalue weighted by atomic mass is 10.0. The number of anilines is 1. The van der Waals surface area contributed by atoms with Crippen molar-refractivity contribution in [1.29, 1.82) is 0 Å². The normalized spacial score (nSPS) is 17.1. The van der Waals surface area contributed by atoms with E-state index in [1.54, 1.807) is 0 Å². The van der Waals surface area contributed by atoms with Crippen molar-refractivity contribution >= 4 is 32.4 Å². The van der Waals surface area contributed by atoms with E-state index >= 15 is 0 Å². The zero-order valence-corrected chi connectivity index (χ0v) is 18.8. The summed E-state index contributed by atoms with van der Waals surface area (Å²) in [5.74, 6) is -0.928. The number of aryl methyl sites for hydroxylation is 2. The summed E-state index contributed by atoms with van der Waals surface area (Å²) >= 11 is 1.30. The molecule has 1 amide bonds. The van der Waals surface area contributed by atoms with E-state index < -0.39 is 27.8 Å². The number of hydrogen-bond donors (Lipinski definition) is 1. The van der Waals surface area contributed by atoms with Crippen LogP contribution in [0.4, 0.5) is 9.52 Å². The lowest BCUT2D eigenvalue weighted by Gasteiger charge is -2.23. The molecule has 0 aliphatic carbocycles. The molecule has 3 aromatic rings. The third-order valence-electron chi connectivity index (χ3n) is 5.32. The minimum atomic E-state index is -3.90. The molecule has 2 heterocycles. The van der Waals surface area contributed by atoms with E-state index in [1.807, 2.05) is 31.4 Å². The van der Waals surface area contributed by atoms with Crippen LogP contribution >= 0.6 is 11.3 Å². The van der Waals surface area contributed by atoms with Crippen molar-refractivity contribution in [2.45, 2.75) is 37.6 Å². The summed E-state index contributed by atoms with van der Waals surface area (Å²) in [6.45, 7) is 4.27. The summed E-state index contributed by atoms with van der Waals surface area (Å²) in [5, 5.41) is 5.06. The van der Waals surface area contributed by atoms with Gasteiger partial charge in [-0.05, 0) is 56.5 Å². The van der Waals surface area contributed by atoms with Crippen LogP contribution in [0.3, 0.4) is 0 Å². The average molecular weight is 460 g/mol. The fraction of sp³-hybridized carbons (Fsp3) is 0.273. The van der Waals surface area contributed by atoms with Gasteiger partial charge in [-0.15, -0.1) is 11.3 Å². The smallest absolute Gasteiger partial charge is 0.244 e. The standard InChI is InChI=1S/C22H22FN3O3S2/c1-14-5-10-18(15(2)12-14)19-13-30-22(24-19)25-21(27)20-4-3-11-26(20)31(28,29)17-8-6-16(23)7-9-17/h5-10,12-13,20H,3-4,11H2,1-2H3,(H,24,25,27). The van der Waals surface area contributed by atoms with Crippen LogP contribution in [0, 0.1) is 19.7 Å². The molecule has 1 fully saturated rings. The number of sulfonamides is 1. The first kappa shape index (κ1) is 21.6. The van der Waals surface area contributed by atoms with Gasteiger partial charge in [0.15, 0.2) is 5.13 Å². The van der Waals surface area contributed by atoms with E-state index in [0.717, 1.165) is 34.5 Å². The molecule has 1 atom stereocenters. The van der Waals surface area contributed by atoms with Crippen molar-refractivity contribution in [1.82, 2.24) is 9.29 Å². The van der Waals surface area contributed by atoms with E-state index in [-0.39, 0.29) is 11.4 Å². The van der Waals surface area contributed by atoms with E-state index in [1.165, 1.54) is 27.8 Å². The van der Waals surface area contributed by atoms with Crippen LogP contribution in [0.25, 0.3) is 11.3 Å². The first-order valence-electron chi connectivity index (χ1n) is 9.87. The molecule has 162 valence electrons. The summed E-state index contributed by atoms with van der Waals surface area (Å²) in [7, 11) is -3.90. The number of thiazole rings is 1. The number of carbonyl (C=O) groups excluding carboxylic acids is 1. The number of benzene rings is 2. The Morgan fingerprint density at radius 1 is 1.19 bits per heavy atom. The number of aromatic nitrogens is 1. The number of nitrogens with one attached hydrogen (secondary N) is 1. The predicted molar refractivity (Wildman–Crippen MR) is 119 cm³/mol. The van der Waals surface area contributed by atoms with Crippen LogP contribution in [0.2, 0.25) is 0 Å². The number of rotatable bonds is 5. The summed E-state index contributed by atoms with van der Waals surface area (Å²) < 4.78 is 40.3. The maximum Gasteiger partial charge on any atom is 0.244 e. The molecule has 1 aliphatic heterocycles. The SMILES string of the molecule is Cc1ccc(-c2csc(NC(=O)C3CCCN3S(=O)(=O)c3ccc(F)cc3)n2)c(C)c1. The lowest BCUT2D eigenvalue weighted by molar-refractivity contribution is -0.119. The highest BCUT2D eigenvalue weighted by molar-refractivity contribution is 7.89. The molecule has 1 aliphatic rings. The topological polar surface area (TPSA) is 79.4 Å². The van der Waals surface area contributed by atoms with Gasteiger partial charge in [0.05, 0.1) is 10.6 Å². The van der Waals surface area contributed by atoms with Gasteiger partial charge in [0, 0.05) is 17.5 Å². The molecule has 0 spiro atoms. The molecule has 0 radical (unpaired) electrons. The van der Waals surface area contributed by atoms with Crippen molar-refractivity contribution in [2.75, 3.05) is 11.9 Å². The minimum absolute atomic E-state index is 0.0278. The molecular weight excluding hydrogens is 437 g/mol. The highest BCUT2D eigenvalue weighted by Gasteiger charge is 2.39. The highest BCUT2D eigenvalue weighted by atomic mass is 32.2. The Morgan fingerprint density at radius 3 is 2.65 bits per heavy atom. The van der Waals surface area contributed by atoms with Gasteiger partial charge in [-0.25, -0.2) is 17.8 Å². The van der Waals surface area contributed by atoms with Crippen LogP contribution in [0.1, 0.15) is 24.0 Å². The fourth-order valence-electron chi connectivity index (χ4n) is 3.78. The maximum absolute atomic E-state index is 13.2. The Hall–Kier alpha value is -2.62. The second-order valence-corrected chi connectivity index (χ2v) is 10.3. The number of hydrogen-bond acceptors (Lipinski definition) is 5. The zero-order chi connectivity index (χ0) is 22.2. The predicted octanol–water partition coefficient (Wildman–Crippen LogP) is 4.36. The van der Waals surface area contributed by atoms with Crippen molar-refractivity contribution in [3.63, 3.8) is 0 Å². The van der Waals surface area contributed by atoms with Gasteiger partial charge in [0.2, 0.25) is 15.9 Å². The minimum Gasteiger partial charge on any atom is -0.301 e. The Balaban J connectivity index is 1.52. The van der Waals surface area contributed by atoms with Crippen LogP contribution in [0.5, 0.6) is 0 Å². The van der Waals surface area contributed by atoms with E-state index in [2.05, 4.69) is 16.4 Å². The van der Waals surface area contributed by atoms with Crippen molar-refractivity contribution < 1.29 is 17.6 Å². The summed E-state index contributed by atoms with van der Waals surface area (Å²) in [5.41, 5.74) is 4.01. The second-order valence-electron chi connectivity index (χ2n) is 7.57. The Kier molecular flexibility index (Phi) is 5.92. The van der Waals surface area contributed by atoms with Crippen molar-refractivity contribution in [3.05, 3.63) is 64.8 Å². The van der Waals surface area contributed by atoms with Gasteiger partial charge in [0.25, 0.3) is 0 Å². The molecule has 1 unspecified atom stereocenters. The molecule has 0 bridgehead atoms. The monoisotopic (exact) mass is 459 g/mol. The molecule has 0 saturated carbocycles. The third-order valence-corrected chi connectivity index (χ3v) is 8.00. The molecule has 2 aromatic carbocycles. The quantitative estimate of drug-likeness (QED) is 0.615. The maximum atomic E-state index is 13.2. The van der Waals surface area contributed by atoms with Gasteiger partial charge in [-0.1, -0.05) is 23.8 Å². The summed E-state index contributed by atoms with van der Waals surface area (Å²) in [6, 6.07) is 9.89. The summed E-state index contributed by atoms with van der Waals surface area (Å²) in [6.07, 6.45) is 0.992. The first-order chi connectivity index (χ1) is 14.8. The largest absolute Gasteiger partial charge is 0.301 e. The van der Waals surface area contributed by atoms with Crippen LogP contribution in [0.15, 0.2) is 52.7 Å². The molecule has 1 saturated heterocycles. The second kappa shape index (κ2) is 8.49. The number of halogens is 1. The highest BCUT2D eigenvalue weighted by Crippen LogP contribution is 2.30. The number of nitrogens with zero attached hydrogens (tertiary/aromatic N) is 2. The van der Waals surface area contributed by atoms with Gasteiger partial charge < -0.3 is 5.32 Å². The molecule has 9 heteroatoms. The average Bonchev–Trinajstić information content (AvgIpc) is 3.38. The van der Waals surface area contributed by atoms with E-state index in [4.69, 9.17) is 0 Å². The first-order valence-corrected chi connectivity index (χ1v) is 12.2. The van der Waals surface area contributed by atoms with Gasteiger partial charge in [-0.3, -0.25) is 4.79 Å². The van der Waals surface area contributed by atoms with Gasteiger partial charge >= 0.3 is 0 Å². The molecule has 1 aromatic heterocycles. The Bertz CT molecular complexity index is 1220. The van der Waals surface area contributed by atoms with Crippen molar-refractivity contribution in [2.24, 2.45) is 0 Å². The lowest BCUT2D eigenvalue weighted by Crippen LogP contribution is -2.43. The van der Waals surface area contributed by atoms with Crippen LogP contribution in [-0.4, -0.2) is 36.2 Å². The van der Waals surface area contributed by atoms with Gasteiger partial charge in [0.1, 0.15) is 11.9 Å². The van der Waals surface area contributed by atoms with Crippen LogP contribution < -0.4 is 5.32 Å². The van der Waals surface area contributed by atoms with Gasteiger partial charge in [-0.2, -0.15) is 4.31 Å². The molecule has 6 nitrogen and oxygen atoms in total.